The molecule has 3 nitrogen and oxygen atoms in total. The van der Waals surface area contributed by atoms with Gasteiger partial charge < -0.3 is 9.64 Å². The molecule has 120 valence electrons. The quantitative estimate of drug-likeness (QED) is 0.830. The van der Waals surface area contributed by atoms with Gasteiger partial charge in [0.1, 0.15) is 12.4 Å². The largest absolute Gasteiger partial charge is 0.491 e. The summed E-state index contributed by atoms with van der Waals surface area (Å²) < 4.78 is 5.92. The molecule has 5 heteroatoms. The number of carbonyl (C=O) groups excluding carboxylic acids is 1. The van der Waals surface area contributed by atoms with Crippen LogP contribution in [0.3, 0.4) is 0 Å². The molecule has 0 radical (unpaired) electrons. The van der Waals surface area contributed by atoms with Gasteiger partial charge in [0, 0.05) is 28.4 Å². The van der Waals surface area contributed by atoms with Crippen LogP contribution < -0.4 is 4.74 Å². The Morgan fingerprint density at radius 1 is 1.26 bits per heavy atom. The third-order valence-electron chi connectivity index (χ3n) is 3.66. The Morgan fingerprint density at radius 2 is 2.09 bits per heavy atom. The van der Waals surface area contributed by atoms with Crippen molar-refractivity contribution >= 4 is 29.1 Å². The molecular formula is C18H18ClNO2S. The van der Waals surface area contributed by atoms with E-state index in [0.717, 1.165) is 33.2 Å². The van der Waals surface area contributed by atoms with Gasteiger partial charge in [-0.2, -0.15) is 0 Å². The minimum Gasteiger partial charge on any atom is -0.491 e. The Labute approximate surface area is 145 Å². The van der Waals surface area contributed by atoms with E-state index < -0.39 is 0 Å². The first-order valence-corrected chi connectivity index (χ1v) is 8.64. The van der Waals surface area contributed by atoms with Crippen molar-refractivity contribution in [2.45, 2.75) is 16.2 Å². The molecule has 0 amide bonds. The molecule has 0 fully saturated rings. The zero-order chi connectivity index (χ0) is 16.4. The zero-order valence-electron chi connectivity index (χ0n) is 13.1. The molecule has 0 bridgehead atoms. The lowest BCUT2D eigenvalue weighted by Crippen LogP contribution is -2.19. The minimum atomic E-state index is 0.103. The lowest BCUT2D eigenvalue weighted by atomic mass is 10.0. The number of fused-ring (bicyclic) bond motifs is 2. The number of likely N-dealkylation sites (N-methyl/N-ethyl adjacent to an activating group) is 1. The van der Waals surface area contributed by atoms with Crippen LogP contribution in [0.15, 0.2) is 46.2 Å². The number of rotatable bonds is 4. The standard InChI is InChI=1S/C18H18ClNO2S/c1-20(2)8-9-22-16-5-3-4-14-15(21)11-12-10-13(19)6-7-17(12)23-18(14)16/h3-7,10H,8-9,11H2,1-2H3. The molecular weight excluding hydrogens is 330 g/mol. The molecule has 1 aliphatic rings. The number of ether oxygens (including phenoxy) is 1. The van der Waals surface area contributed by atoms with Gasteiger partial charge in [-0.25, -0.2) is 0 Å². The Kier molecular flexibility index (Phi) is 4.95. The summed E-state index contributed by atoms with van der Waals surface area (Å²) in [6.07, 6.45) is 0.372. The monoisotopic (exact) mass is 347 g/mol. The Hall–Kier alpha value is -1.49. The normalized spacial score (nSPS) is 13.5. The molecule has 0 saturated carbocycles. The average Bonchev–Trinajstić information content (AvgIpc) is 2.63. The number of ketones is 1. The third-order valence-corrected chi connectivity index (χ3v) is 5.14. The van der Waals surface area contributed by atoms with Crippen LogP contribution in [0.2, 0.25) is 5.02 Å². The SMILES string of the molecule is CN(C)CCOc1cccc2c1Sc1ccc(Cl)cc1CC2=O. The average molecular weight is 348 g/mol. The summed E-state index contributed by atoms with van der Waals surface area (Å²) in [5.74, 6) is 0.872. The summed E-state index contributed by atoms with van der Waals surface area (Å²) in [7, 11) is 4.01. The predicted molar refractivity (Wildman–Crippen MR) is 94.1 cm³/mol. The van der Waals surface area contributed by atoms with Crippen molar-refractivity contribution < 1.29 is 9.53 Å². The van der Waals surface area contributed by atoms with E-state index in [1.54, 1.807) is 11.8 Å². The molecule has 2 aromatic rings. The van der Waals surface area contributed by atoms with Crippen molar-refractivity contribution in [3.8, 4) is 5.75 Å². The summed E-state index contributed by atoms with van der Waals surface area (Å²) in [6.45, 7) is 1.42. The summed E-state index contributed by atoms with van der Waals surface area (Å²) >= 11 is 7.65. The highest BCUT2D eigenvalue weighted by Gasteiger charge is 2.23. The Balaban J connectivity index is 1.95. The summed E-state index contributed by atoms with van der Waals surface area (Å²) in [5, 5.41) is 0.658. The van der Waals surface area contributed by atoms with Gasteiger partial charge in [-0.1, -0.05) is 29.4 Å². The Bertz CT molecular complexity index is 746. The molecule has 0 atom stereocenters. The van der Waals surface area contributed by atoms with Crippen molar-refractivity contribution in [1.29, 1.82) is 0 Å². The zero-order valence-corrected chi connectivity index (χ0v) is 14.7. The highest BCUT2D eigenvalue weighted by molar-refractivity contribution is 7.99. The van der Waals surface area contributed by atoms with E-state index in [-0.39, 0.29) is 5.78 Å². The maximum absolute atomic E-state index is 12.6. The van der Waals surface area contributed by atoms with E-state index in [0.29, 0.717) is 18.1 Å². The Morgan fingerprint density at radius 3 is 2.87 bits per heavy atom. The van der Waals surface area contributed by atoms with Crippen LogP contribution in [0.25, 0.3) is 0 Å². The second-order valence-corrected chi connectivity index (χ2v) is 7.23. The molecule has 2 aromatic carbocycles. The molecule has 0 saturated heterocycles. The number of benzene rings is 2. The van der Waals surface area contributed by atoms with Crippen LogP contribution in [0.1, 0.15) is 15.9 Å². The second-order valence-electron chi connectivity index (χ2n) is 5.74. The van der Waals surface area contributed by atoms with E-state index in [1.807, 2.05) is 50.5 Å². The van der Waals surface area contributed by atoms with E-state index >= 15 is 0 Å². The van der Waals surface area contributed by atoms with E-state index in [4.69, 9.17) is 16.3 Å². The van der Waals surface area contributed by atoms with Crippen LogP contribution in [0.5, 0.6) is 5.75 Å². The second kappa shape index (κ2) is 6.95. The molecule has 1 aliphatic heterocycles. The summed E-state index contributed by atoms with van der Waals surface area (Å²) in [4.78, 5) is 16.6. The first-order chi connectivity index (χ1) is 11.0. The van der Waals surface area contributed by atoms with Crippen molar-refractivity contribution in [2.75, 3.05) is 27.2 Å². The number of hydrogen-bond acceptors (Lipinski definition) is 4. The van der Waals surface area contributed by atoms with E-state index in [1.165, 1.54) is 0 Å². The molecule has 0 N–H and O–H groups in total. The van der Waals surface area contributed by atoms with E-state index in [9.17, 15) is 4.79 Å². The summed E-state index contributed by atoms with van der Waals surface area (Å²) in [6, 6.07) is 11.4. The number of nitrogens with zero attached hydrogens (tertiary/aromatic N) is 1. The number of carbonyl (C=O) groups is 1. The molecule has 0 aromatic heterocycles. The lowest BCUT2D eigenvalue weighted by Gasteiger charge is -2.15. The van der Waals surface area contributed by atoms with Crippen molar-refractivity contribution in [3.05, 3.63) is 52.5 Å². The lowest BCUT2D eigenvalue weighted by molar-refractivity contribution is 0.0989. The van der Waals surface area contributed by atoms with Gasteiger partial charge in [-0.15, -0.1) is 0 Å². The predicted octanol–water partition coefficient (Wildman–Crippen LogP) is 4.17. The first-order valence-electron chi connectivity index (χ1n) is 7.44. The minimum absolute atomic E-state index is 0.103. The van der Waals surface area contributed by atoms with Gasteiger partial charge in [0.2, 0.25) is 0 Å². The maximum Gasteiger partial charge on any atom is 0.168 e. The molecule has 0 spiro atoms. The maximum atomic E-state index is 12.6. The first kappa shape index (κ1) is 16.4. The van der Waals surface area contributed by atoms with Gasteiger partial charge in [0.25, 0.3) is 0 Å². The van der Waals surface area contributed by atoms with Gasteiger partial charge in [0.05, 0.1) is 4.90 Å². The van der Waals surface area contributed by atoms with Gasteiger partial charge in [-0.05, 0) is 50.0 Å². The molecule has 23 heavy (non-hydrogen) atoms. The van der Waals surface area contributed by atoms with Crippen LogP contribution in [-0.4, -0.2) is 37.9 Å². The fourth-order valence-corrected chi connectivity index (χ4v) is 3.79. The van der Waals surface area contributed by atoms with E-state index in [2.05, 4.69) is 4.90 Å². The number of hydrogen-bond donors (Lipinski definition) is 0. The number of halogens is 1. The third kappa shape index (κ3) is 3.71. The molecule has 0 aliphatic carbocycles. The van der Waals surface area contributed by atoms with Crippen LogP contribution in [0, 0.1) is 0 Å². The highest BCUT2D eigenvalue weighted by atomic mass is 35.5. The molecule has 3 rings (SSSR count). The molecule has 1 heterocycles. The van der Waals surface area contributed by atoms with Crippen LogP contribution in [-0.2, 0) is 6.42 Å². The fraction of sp³-hybridized carbons (Fsp3) is 0.278. The van der Waals surface area contributed by atoms with Crippen molar-refractivity contribution in [2.24, 2.45) is 0 Å². The van der Waals surface area contributed by atoms with Crippen molar-refractivity contribution in [3.63, 3.8) is 0 Å². The van der Waals surface area contributed by atoms with Gasteiger partial charge >= 0.3 is 0 Å². The van der Waals surface area contributed by atoms with Crippen molar-refractivity contribution in [1.82, 2.24) is 4.90 Å². The number of Topliss-reactive ketones (excluding diaryl/α,β-unsaturated/α-hetero) is 1. The topological polar surface area (TPSA) is 29.5 Å². The van der Waals surface area contributed by atoms with Crippen LogP contribution in [0.4, 0.5) is 0 Å². The highest BCUT2D eigenvalue weighted by Crippen LogP contribution is 2.42. The van der Waals surface area contributed by atoms with Gasteiger partial charge in [0.15, 0.2) is 5.78 Å². The summed E-state index contributed by atoms with van der Waals surface area (Å²) in [5.41, 5.74) is 1.70. The smallest absolute Gasteiger partial charge is 0.168 e. The van der Waals surface area contributed by atoms with Crippen LogP contribution >= 0.6 is 23.4 Å². The fourth-order valence-electron chi connectivity index (χ4n) is 2.46. The molecule has 0 unspecified atom stereocenters. The van der Waals surface area contributed by atoms with Gasteiger partial charge in [-0.3, -0.25) is 4.79 Å².